The number of rotatable bonds is 5. The summed E-state index contributed by atoms with van der Waals surface area (Å²) in [4.78, 5) is 24.3. The minimum Gasteiger partial charge on any atom is -0.478 e. The van der Waals surface area contributed by atoms with Crippen molar-refractivity contribution in [1.82, 2.24) is 4.90 Å². The molecule has 0 saturated heterocycles. The Labute approximate surface area is 124 Å². The van der Waals surface area contributed by atoms with Crippen LogP contribution in [-0.2, 0) is 4.79 Å². The van der Waals surface area contributed by atoms with Gasteiger partial charge in [0.05, 0.1) is 0 Å². The van der Waals surface area contributed by atoms with E-state index in [1.165, 1.54) is 25.3 Å². The number of hydrogen-bond acceptors (Lipinski definition) is 2. The third-order valence-corrected chi connectivity index (χ3v) is 3.66. The smallest absolute Gasteiger partial charge is 0.328 e. The average Bonchev–Trinajstić information content (AvgIpc) is 2.40. The maximum atomic E-state index is 12.1. The van der Waals surface area contributed by atoms with Crippen molar-refractivity contribution >= 4 is 23.8 Å². The van der Waals surface area contributed by atoms with Gasteiger partial charge in [0.1, 0.15) is 0 Å². The number of hydrogen-bond donors (Lipinski definition) is 2. The van der Waals surface area contributed by atoms with Crippen LogP contribution >= 0.6 is 0 Å². The van der Waals surface area contributed by atoms with Crippen LogP contribution in [0.2, 0.25) is 0 Å². The van der Waals surface area contributed by atoms with Crippen molar-refractivity contribution in [2.75, 3.05) is 18.9 Å². The average molecular weight is 288 g/mol. The number of nitrogens with zero attached hydrogens (tertiary/aromatic N) is 1. The van der Waals surface area contributed by atoms with Crippen molar-refractivity contribution in [2.45, 2.75) is 19.3 Å². The highest BCUT2D eigenvalue weighted by atomic mass is 16.4. The number of carbonyl (C=O) groups excluding carboxylic acids is 1. The highest BCUT2D eigenvalue weighted by molar-refractivity contribution is 5.90. The van der Waals surface area contributed by atoms with Gasteiger partial charge in [-0.1, -0.05) is 18.6 Å². The topological polar surface area (TPSA) is 69.6 Å². The van der Waals surface area contributed by atoms with Crippen LogP contribution in [0.1, 0.15) is 24.8 Å². The molecule has 5 heteroatoms. The van der Waals surface area contributed by atoms with Crippen LogP contribution in [0.3, 0.4) is 0 Å². The van der Waals surface area contributed by atoms with Crippen molar-refractivity contribution in [3.8, 4) is 0 Å². The fraction of sp³-hybridized carbons (Fsp3) is 0.375. The lowest BCUT2D eigenvalue weighted by Crippen LogP contribution is -2.37. The lowest BCUT2D eigenvalue weighted by Gasteiger charge is -2.30. The molecule has 1 aliphatic carbocycles. The molecule has 0 unspecified atom stereocenters. The van der Waals surface area contributed by atoms with E-state index in [-0.39, 0.29) is 6.03 Å². The molecule has 0 radical (unpaired) electrons. The molecule has 2 amide bonds. The summed E-state index contributed by atoms with van der Waals surface area (Å²) in [6, 6.07) is 6.96. The molecule has 2 rings (SSSR count). The normalized spacial score (nSPS) is 14.7. The Hall–Kier alpha value is -2.30. The van der Waals surface area contributed by atoms with Gasteiger partial charge in [-0.05, 0) is 42.5 Å². The molecule has 0 heterocycles. The number of carboxylic acids is 1. The number of urea groups is 1. The summed E-state index contributed by atoms with van der Waals surface area (Å²) in [5, 5.41) is 11.4. The van der Waals surface area contributed by atoms with E-state index in [4.69, 9.17) is 5.11 Å². The van der Waals surface area contributed by atoms with Gasteiger partial charge >= 0.3 is 12.0 Å². The number of anilines is 1. The Morgan fingerprint density at radius 1 is 1.43 bits per heavy atom. The van der Waals surface area contributed by atoms with Crippen molar-refractivity contribution in [2.24, 2.45) is 5.92 Å². The number of carbonyl (C=O) groups is 2. The zero-order valence-electron chi connectivity index (χ0n) is 12.1. The largest absolute Gasteiger partial charge is 0.478 e. The SMILES string of the molecule is CN(CC1CCC1)C(=O)Nc1cccc(/C=C/C(=O)O)c1. The molecule has 1 aromatic carbocycles. The number of carboxylic acid groups (broad SMARTS) is 1. The van der Waals surface area contributed by atoms with E-state index >= 15 is 0 Å². The van der Waals surface area contributed by atoms with Crippen LogP contribution in [-0.4, -0.2) is 35.6 Å². The molecule has 112 valence electrons. The maximum Gasteiger partial charge on any atom is 0.328 e. The Balaban J connectivity index is 1.93. The van der Waals surface area contributed by atoms with E-state index in [2.05, 4.69) is 5.32 Å². The van der Waals surface area contributed by atoms with Crippen LogP contribution in [0.4, 0.5) is 10.5 Å². The second kappa shape index (κ2) is 6.92. The molecule has 0 atom stereocenters. The summed E-state index contributed by atoms with van der Waals surface area (Å²) in [5.74, 6) is -0.366. The van der Waals surface area contributed by atoms with Crippen molar-refractivity contribution < 1.29 is 14.7 Å². The monoisotopic (exact) mass is 288 g/mol. The second-order valence-electron chi connectivity index (χ2n) is 5.40. The summed E-state index contributed by atoms with van der Waals surface area (Å²) in [6.45, 7) is 0.782. The van der Waals surface area contributed by atoms with Gasteiger partial charge < -0.3 is 15.3 Å². The molecule has 0 bridgehead atoms. The fourth-order valence-corrected chi connectivity index (χ4v) is 2.25. The van der Waals surface area contributed by atoms with E-state index in [9.17, 15) is 9.59 Å². The molecule has 1 fully saturated rings. The quantitative estimate of drug-likeness (QED) is 0.818. The summed E-state index contributed by atoms with van der Waals surface area (Å²) >= 11 is 0. The van der Waals surface area contributed by atoms with E-state index in [0.717, 1.165) is 18.2 Å². The molecule has 1 saturated carbocycles. The van der Waals surface area contributed by atoms with Crippen LogP contribution < -0.4 is 5.32 Å². The van der Waals surface area contributed by atoms with Gasteiger partial charge in [0.25, 0.3) is 0 Å². The van der Waals surface area contributed by atoms with Crippen molar-refractivity contribution in [3.05, 3.63) is 35.9 Å². The van der Waals surface area contributed by atoms with Gasteiger partial charge in [-0.2, -0.15) is 0 Å². The standard InChI is InChI=1S/C16H20N2O3/c1-18(11-13-5-2-6-13)16(21)17-14-7-3-4-12(10-14)8-9-15(19)20/h3-4,7-10,13H,2,5-6,11H2,1H3,(H,17,21)(H,19,20)/b9-8+. The minimum absolute atomic E-state index is 0.138. The first kappa shape index (κ1) is 15.1. The van der Waals surface area contributed by atoms with E-state index in [1.54, 1.807) is 36.2 Å². The summed E-state index contributed by atoms with van der Waals surface area (Å²) in [7, 11) is 1.79. The zero-order chi connectivity index (χ0) is 15.2. The van der Waals surface area contributed by atoms with Gasteiger partial charge in [0.2, 0.25) is 0 Å². The fourth-order valence-electron chi connectivity index (χ4n) is 2.25. The lowest BCUT2D eigenvalue weighted by molar-refractivity contribution is -0.131. The van der Waals surface area contributed by atoms with Gasteiger partial charge in [-0.25, -0.2) is 9.59 Å². The second-order valence-corrected chi connectivity index (χ2v) is 5.40. The van der Waals surface area contributed by atoms with Gasteiger partial charge in [-0.3, -0.25) is 0 Å². The van der Waals surface area contributed by atoms with Crippen LogP contribution in [0.15, 0.2) is 30.3 Å². The number of nitrogens with one attached hydrogen (secondary N) is 1. The Morgan fingerprint density at radius 3 is 2.81 bits per heavy atom. The first-order chi connectivity index (χ1) is 10.0. The minimum atomic E-state index is -0.996. The first-order valence-electron chi connectivity index (χ1n) is 7.08. The molecule has 2 N–H and O–H groups in total. The summed E-state index contributed by atoms with van der Waals surface area (Å²) < 4.78 is 0. The molecule has 1 aliphatic rings. The molecule has 0 aromatic heterocycles. The molecular weight excluding hydrogens is 268 g/mol. The predicted molar refractivity (Wildman–Crippen MR) is 82.1 cm³/mol. The zero-order valence-corrected chi connectivity index (χ0v) is 12.1. The van der Waals surface area contributed by atoms with Crippen LogP contribution in [0.5, 0.6) is 0 Å². The summed E-state index contributed by atoms with van der Waals surface area (Å²) in [6.07, 6.45) is 6.23. The third-order valence-electron chi connectivity index (χ3n) is 3.66. The molecule has 0 spiro atoms. The van der Waals surface area contributed by atoms with Gasteiger partial charge in [-0.15, -0.1) is 0 Å². The van der Waals surface area contributed by atoms with Gasteiger partial charge in [0.15, 0.2) is 0 Å². The van der Waals surface area contributed by atoms with E-state index in [1.807, 2.05) is 0 Å². The molecule has 21 heavy (non-hydrogen) atoms. The maximum absolute atomic E-state index is 12.1. The Bertz CT molecular complexity index is 550. The highest BCUT2D eigenvalue weighted by Crippen LogP contribution is 2.26. The Kier molecular flexibility index (Phi) is 4.98. The van der Waals surface area contributed by atoms with Gasteiger partial charge in [0, 0.05) is 25.4 Å². The lowest BCUT2D eigenvalue weighted by atomic mass is 9.85. The first-order valence-corrected chi connectivity index (χ1v) is 7.08. The predicted octanol–water partition coefficient (Wildman–Crippen LogP) is 3.05. The third kappa shape index (κ3) is 4.63. The molecule has 1 aromatic rings. The van der Waals surface area contributed by atoms with Crippen molar-refractivity contribution in [1.29, 1.82) is 0 Å². The van der Waals surface area contributed by atoms with Crippen molar-refractivity contribution in [3.63, 3.8) is 0 Å². The Morgan fingerprint density at radius 2 is 2.19 bits per heavy atom. The number of amides is 2. The molecular formula is C16H20N2O3. The molecule has 5 nitrogen and oxygen atoms in total. The van der Waals surface area contributed by atoms with Crippen LogP contribution in [0.25, 0.3) is 6.08 Å². The van der Waals surface area contributed by atoms with E-state index in [0.29, 0.717) is 11.6 Å². The highest BCUT2D eigenvalue weighted by Gasteiger charge is 2.21. The molecule has 0 aliphatic heterocycles. The van der Waals surface area contributed by atoms with Crippen LogP contribution in [0, 0.1) is 5.92 Å². The summed E-state index contributed by atoms with van der Waals surface area (Å²) in [5.41, 5.74) is 1.39. The number of aliphatic carboxylic acids is 1. The van der Waals surface area contributed by atoms with E-state index < -0.39 is 5.97 Å². The number of benzene rings is 1.